The second-order valence-corrected chi connectivity index (χ2v) is 7.23. The molecule has 0 amide bonds. The lowest BCUT2D eigenvalue weighted by Gasteiger charge is -2.17. The van der Waals surface area contributed by atoms with Crippen LogP contribution in [0.3, 0.4) is 0 Å². The molecule has 1 aliphatic heterocycles. The minimum atomic E-state index is -3.41. The van der Waals surface area contributed by atoms with Gasteiger partial charge < -0.3 is 4.74 Å². The van der Waals surface area contributed by atoms with Crippen LogP contribution in [0.25, 0.3) is 0 Å². The van der Waals surface area contributed by atoms with Gasteiger partial charge in [-0.15, -0.1) is 11.6 Å². The molecule has 0 N–H and O–H groups in total. The molecule has 1 aromatic rings. The highest BCUT2D eigenvalue weighted by atomic mass is 35.5. The normalized spacial score (nSPS) is 23.3. The SMILES string of the molecule is CCOC(=O)C[C@@H]1c2ccccc2S(=O)(=O)[C@H]1CCCl. The monoisotopic (exact) mass is 316 g/mol. The Kier molecular flexibility index (Phi) is 4.70. The van der Waals surface area contributed by atoms with Crippen LogP contribution in [0.15, 0.2) is 29.2 Å². The van der Waals surface area contributed by atoms with E-state index in [9.17, 15) is 13.2 Å². The number of halogens is 1. The van der Waals surface area contributed by atoms with Crippen molar-refractivity contribution in [1.82, 2.24) is 0 Å². The number of esters is 1. The Balaban J connectivity index is 2.39. The van der Waals surface area contributed by atoms with Gasteiger partial charge in [0, 0.05) is 11.8 Å². The first-order valence-corrected chi connectivity index (χ1v) is 8.64. The van der Waals surface area contributed by atoms with Crippen molar-refractivity contribution in [1.29, 1.82) is 0 Å². The molecule has 0 aromatic heterocycles. The standard InChI is InChI=1S/C14H17ClO4S/c1-2-19-14(16)9-11-10-5-3-4-6-12(10)20(17,18)13(11)7-8-15/h3-6,11,13H,2,7-9H2,1H3/t11-,13+/m1/s1. The largest absolute Gasteiger partial charge is 0.466 e. The van der Waals surface area contributed by atoms with Crippen LogP contribution < -0.4 is 0 Å². The minimum absolute atomic E-state index is 0.0750. The fraction of sp³-hybridized carbons (Fsp3) is 0.500. The molecule has 1 aliphatic rings. The summed E-state index contributed by atoms with van der Waals surface area (Å²) in [6.45, 7) is 2.02. The number of carbonyl (C=O) groups is 1. The zero-order valence-corrected chi connectivity index (χ0v) is 12.8. The van der Waals surface area contributed by atoms with Crippen molar-refractivity contribution in [2.45, 2.75) is 35.8 Å². The average molecular weight is 317 g/mol. The van der Waals surface area contributed by atoms with Gasteiger partial charge in [-0.3, -0.25) is 4.79 Å². The zero-order chi connectivity index (χ0) is 14.8. The summed E-state index contributed by atoms with van der Waals surface area (Å²) >= 11 is 5.73. The number of ether oxygens (including phenoxy) is 1. The maximum Gasteiger partial charge on any atom is 0.306 e. The molecule has 110 valence electrons. The molecule has 0 radical (unpaired) electrons. The van der Waals surface area contributed by atoms with Crippen LogP contribution in [0, 0.1) is 0 Å². The summed E-state index contributed by atoms with van der Waals surface area (Å²) in [6.07, 6.45) is 0.411. The van der Waals surface area contributed by atoms with E-state index in [4.69, 9.17) is 16.3 Å². The van der Waals surface area contributed by atoms with E-state index in [1.165, 1.54) is 0 Å². The zero-order valence-electron chi connectivity index (χ0n) is 11.2. The van der Waals surface area contributed by atoms with Crippen molar-refractivity contribution < 1.29 is 17.9 Å². The first kappa shape index (κ1) is 15.3. The summed E-state index contributed by atoms with van der Waals surface area (Å²) in [4.78, 5) is 12.0. The third kappa shape index (κ3) is 2.69. The molecule has 0 spiro atoms. The molecular weight excluding hydrogens is 300 g/mol. The molecule has 0 unspecified atom stereocenters. The number of carbonyl (C=O) groups excluding carboxylic acids is 1. The van der Waals surface area contributed by atoms with E-state index in [0.29, 0.717) is 23.5 Å². The van der Waals surface area contributed by atoms with Gasteiger partial charge in [-0.05, 0) is 25.0 Å². The summed E-state index contributed by atoms with van der Waals surface area (Å²) in [5, 5.41) is -0.637. The highest BCUT2D eigenvalue weighted by Crippen LogP contribution is 2.44. The third-order valence-corrected chi connectivity index (χ3v) is 6.12. The first-order chi connectivity index (χ1) is 9.52. The molecule has 2 atom stereocenters. The molecule has 6 heteroatoms. The van der Waals surface area contributed by atoms with Crippen molar-refractivity contribution in [3.05, 3.63) is 29.8 Å². The number of hydrogen-bond donors (Lipinski definition) is 0. The van der Waals surface area contributed by atoms with Crippen LogP contribution in [0.4, 0.5) is 0 Å². The molecule has 0 bridgehead atoms. The van der Waals surface area contributed by atoms with E-state index in [-0.39, 0.29) is 24.2 Å². The van der Waals surface area contributed by atoms with Crippen LogP contribution in [0.5, 0.6) is 0 Å². The van der Waals surface area contributed by atoms with Crippen LogP contribution in [-0.4, -0.2) is 32.1 Å². The summed E-state index contributed by atoms with van der Waals surface area (Å²) in [5.74, 6) is -0.491. The topological polar surface area (TPSA) is 60.4 Å². The smallest absolute Gasteiger partial charge is 0.306 e. The molecule has 1 aromatic carbocycles. The Morgan fingerprint density at radius 2 is 2.05 bits per heavy atom. The van der Waals surface area contributed by atoms with Crippen LogP contribution >= 0.6 is 11.6 Å². The quantitative estimate of drug-likeness (QED) is 0.618. The number of alkyl halides is 1. The average Bonchev–Trinajstić information content (AvgIpc) is 2.62. The van der Waals surface area contributed by atoms with Gasteiger partial charge >= 0.3 is 5.97 Å². The molecule has 2 rings (SSSR count). The van der Waals surface area contributed by atoms with E-state index >= 15 is 0 Å². The van der Waals surface area contributed by atoms with Gasteiger partial charge in [0.05, 0.1) is 23.2 Å². The second kappa shape index (κ2) is 6.14. The fourth-order valence-corrected chi connectivity index (χ4v) is 5.34. The maximum atomic E-state index is 12.5. The van der Waals surface area contributed by atoms with Crippen molar-refractivity contribution in [3.8, 4) is 0 Å². The number of hydrogen-bond acceptors (Lipinski definition) is 4. The summed E-state index contributed by atoms with van der Waals surface area (Å²) in [6, 6.07) is 6.85. The van der Waals surface area contributed by atoms with E-state index < -0.39 is 15.1 Å². The molecule has 1 heterocycles. The number of benzene rings is 1. The van der Waals surface area contributed by atoms with Gasteiger partial charge in [0.1, 0.15) is 0 Å². The number of sulfone groups is 1. The molecule has 0 saturated carbocycles. The molecule has 0 fully saturated rings. The first-order valence-electron chi connectivity index (χ1n) is 6.56. The summed E-state index contributed by atoms with van der Waals surface area (Å²) < 4.78 is 30.0. The van der Waals surface area contributed by atoms with E-state index in [2.05, 4.69) is 0 Å². The Bertz CT molecular complexity index is 597. The number of fused-ring (bicyclic) bond motifs is 1. The second-order valence-electron chi connectivity index (χ2n) is 4.71. The van der Waals surface area contributed by atoms with Crippen molar-refractivity contribution in [2.24, 2.45) is 0 Å². The van der Waals surface area contributed by atoms with Gasteiger partial charge in [-0.25, -0.2) is 8.42 Å². The van der Waals surface area contributed by atoms with Gasteiger partial charge in [0.15, 0.2) is 9.84 Å². The van der Waals surface area contributed by atoms with Gasteiger partial charge in [-0.2, -0.15) is 0 Å². The van der Waals surface area contributed by atoms with Gasteiger partial charge in [0.25, 0.3) is 0 Å². The van der Waals surface area contributed by atoms with Gasteiger partial charge in [-0.1, -0.05) is 18.2 Å². The molecule has 0 aliphatic carbocycles. The molecule has 4 nitrogen and oxygen atoms in total. The van der Waals surface area contributed by atoms with Crippen LogP contribution in [0.1, 0.15) is 31.2 Å². The molecule has 20 heavy (non-hydrogen) atoms. The Morgan fingerprint density at radius 1 is 1.35 bits per heavy atom. The maximum absolute atomic E-state index is 12.5. The predicted octanol–water partition coefficient (Wildman–Crippen LogP) is 2.51. The molecular formula is C14H17ClO4S. The van der Waals surface area contributed by atoms with E-state index in [1.807, 2.05) is 0 Å². The van der Waals surface area contributed by atoms with Crippen molar-refractivity contribution in [2.75, 3.05) is 12.5 Å². The van der Waals surface area contributed by atoms with Gasteiger partial charge in [0.2, 0.25) is 0 Å². The van der Waals surface area contributed by atoms with Crippen molar-refractivity contribution >= 4 is 27.4 Å². The highest BCUT2D eigenvalue weighted by Gasteiger charge is 2.45. The fourth-order valence-electron chi connectivity index (χ4n) is 2.73. The summed E-state index contributed by atoms with van der Waals surface area (Å²) in [7, 11) is -3.41. The Labute approximate surface area is 124 Å². The number of rotatable bonds is 5. The summed E-state index contributed by atoms with van der Waals surface area (Å²) in [5.41, 5.74) is 0.704. The third-order valence-electron chi connectivity index (χ3n) is 3.56. The lowest BCUT2D eigenvalue weighted by atomic mass is 9.91. The minimum Gasteiger partial charge on any atom is -0.466 e. The lowest BCUT2D eigenvalue weighted by molar-refractivity contribution is -0.143. The molecule has 0 saturated heterocycles. The Morgan fingerprint density at radius 3 is 2.70 bits per heavy atom. The Hall–Kier alpha value is -1.07. The lowest BCUT2D eigenvalue weighted by Crippen LogP contribution is -2.24. The van der Waals surface area contributed by atoms with E-state index in [1.54, 1.807) is 31.2 Å². The van der Waals surface area contributed by atoms with Crippen LogP contribution in [-0.2, 0) is 19.4 Å². The predicted molar refractivity (Wildman–Crippen MR) is 76.7 cm³/mol. The van der Waals surface area contributed by atoms with E-state index in [0.717, 1.165) is 0 Å². The van der Waals surface area contributed by atoms with Crippen LogP contribution in [0.2, 0.25) is 0 Å². The highest BCUT2D eigenvalue weighted by molar-refractivity contribution is 7.92. The van der Waals surface area contributed by atoms with Crippen molar-refractivity contribution in [3.63, 3.8) is 0 Å².